The predicted molar refractivity (Wildman–Crippen MR) is 97.9 cm³/mol. The number of carbonyl (C=O) groups excluding carboxylic acids is 2. The molecule has 24 heavy (non-hydrogen) atoms. The van der Waals surface area contributed by atoms with Gasteiger partial charge in [-0.1, -0.05) is 37.0 Å². The largest absolute Gasteiger partial charge is 0.340 e. The maximum Gasteiger partial charge on any atom is 0.253 e. The fraction of sp³-hybridized carbons (Fsp3) is 0.312. The summed E-state index contributed by atoms with van der Waals surface area (Å²) in [7, 11) is 0. The maximum absolute atomic E-state index is 12.4. The van der Waals surface area contributed by atoms with Crippen molar-refractivity contribution < 1.29 is 9.59 Å². The number of anilines is 1. The van der Waals surface area contributed by atoms with E-state index in [1.54, 1.807) is 17.6 Å². The first kappa shape index (κ1) is 18.7. The summed E-state index contributed by atoms with van der Waals surface area (Å²) >= 11 is 13.2. The lowest BCUT2D eigenvalue weighted by molar-refractivity contribution is -0.118. The third kappa shape index (κ3) is 5.19. The molecule has 8 heteroatoms. The van der Waals surface area contributed by atoms with E-state index in [-0.39, 0.29) is 22.4 Å². The van der Waals surface area contributed by atoms with Crippen molar-refractivity contribution in [2.75, 3.05) is 5.32 Å². The van der Waals surface area contributed by atoms with Crippen LogP contribution in [0.3, 0.4) is 0 Å². The quantitative estimate of drug-likeness (QED) is 0.781. The van der Waals surface area contributed by atoms with Gasteiger partial charge >= 0.3 is 0 Å². The van der Waals surface area contributed by atoms with Crippen LogP contribution in [0.25, 0.3) is 0 Å². The Labute approximate surface area is 154 Å². The van der Waals surface area contributed by atoms with Gasteiger partial charge in [0.25, 0.3) is 5.91 Å². The van der Waals surface area contributed by atoms with Crippen LogP contribution in [0.2, 0.25) is 10.0 Å². The summed E-state index contributed by atoms with van der Waals surface area (Å²) in [5, 5.41) is 8.38. The molecule has 0 fully saturated rings. The predicted octanol–water partition coefficient (Wildman–Crippen LogP) is 4.23. The molecule has 0 bridgehead atoms. The highest BCUT2D eigenvalue weighted by Gasteiger charge is 2.24. The number of rotatable bonds is 6. The number of thiazole rings is 1. The van der Waals surface area contributed by atoms with Crippen LogP contribution in [-0.4, -0.2) is 22.8 Å². The van der Waals surface area contributed by atoms with Crippen molar-refractivity contribution in [2.24, 2.45) is 5.92 Å². The third-order valence-corrected chi connectivity index (χ3v) is 4.40. The molecule has 128 valence electrons. The van der Waals surface area contributed by atoms with Gasteiger partial charge in [-0.2, -0.15) is 0 Å². The molecule has 0 spiro atoms. The second-order valence-electron chi connectivity index (χ2n) is 5.61. The molecular weight excluding hydrogens is 369 g/mol. The van der Waals surface area contributed by atoms with Crippen molar-refractivity contribution in [1.82, 2.24) is 10.3 Å². The van der Waals surface area contributed by atoms with E-state index in [9.17, 15) is 9.59 Å². The second-order valence-corrected chi connectivity index (χ2v) is 7.34. The Morgan fingerprint density at radius 2 is 2.04 bits per heavy atom. The number of nitrogens with zero attached hydrogens (tertiary/aromatic N) is 1. The summed E-state index contributed by atoms with van der Waals surface area (Å²) in [4.78, 5) is 28.9. The van der Waals surface area contributed by atoms with E-state index in [0.717, 1.165) is 0 Å². The lowest BCUT2D eigenvalue weighted by atomic mass is 10.0. The summed E-state index contributed by atoms with van der Waals surface area (Å²) in [6.45, 7) is 3.95. The molecule has 0 unspecified atom stereocenters. The number of hydrogen-bond acceptors (Lipinski definition) is 4. The van der Waals surface area contributed by atoms with Crippen LogP contribution in [-0.2, 0) is 4.79 Å². The number of benzene rings is 1. The van der Waals surface area contributed by atoms with E-state index in [1.807, 2.05) is 13.8 Å². The molecule has 0 saturated carbocycles. The molecule has 1 heterocycles. The number of carbonyl (C=O) groups is 2. The van der Waals surface area contributed by atoms with Crippen molar-refractivity contribution in [3.8, 4) is 0 Å². The van der Waals surface area contributed by atoms with Gasteiger partial charge in [0.05, 0.1) is 10.6 Å². The minimum Gasteiger partial charge on any atom is -0.340 e. The number of halogens is 2. The highest BCUT2D eigenvalue weighted by Crippen LogP contribution is 2.21. The Bertz CT molecular complexity index is 720. The first-order chi connectivity index (χ1) is 11.4. The summed E-state index contributed by atoms with van der Waals surface area (Å²) in [5.74, 6) is -0.508. The molecule has 2 rings (SSSR count). The van der Waals surface area contributed by atoms with Crippen LogP contribution in [0.4, 0.5) is 5.13 Å². The Morgan fingerprint density at radius 1 is 1.29 bits per heavy atom. The smallest absolute Gasteiger partial charge is 0.253 e. The number of nitrogens with one attached hydrogen (secondary N) is 2. The highest BCUT2D eigenvalue weighted by atomic mass is 35.5. The minimum atomic E-state index is -0.687. The number of amides is 2. The van der Waals surface area contributed by atoms with Crippen molar-refractivity contribution in [1.29, 1.82) is 0 Å². The molecule has 0 radical (unpaired) electrons. The SMILES string of the molecule is CC(C)C[C@@H](NC(=O)c1ccc(Cl)cc1Cl)C(=O)Nc1nccs1. The van der Waals surface area contributed by atoms with Crippen molar-refractivity contribution in [3.05, 3.63) is 45.4 Å². The first-order valence-electron chi connectivity index (χ1n) is 7.33. The van der Waals surface area contributed by atoms with E-state index in [2.05, 4.69) is 15.6 Å². The van der Waals surface area contributed by atoms with Gasteiger partial charge < -0.3 is 10.6 Å². The minimum absolute atomic E-state index is 0.220. The van der Waals surface area contributed by atoms with Gasteiger partial charge in [0.2, 0.25) is 5.91 Å². The van der Waals surface area contributed by atoms with Gasteiger partial charge in [0, 0.05) is 16.6 Å². The fourth-order valence-electron chi connectivity index (χ4n) is 2.09. The zero-order valence-electron chi connectivity index (χ0n) is 13.2. The van der Waals surface area contributed by atoms with Crippen LogP contribution in [0.15, 0.2) is 29.8 Å². The Kier molecular flexibility index (Phi) is 6.60. The van der Waals surface area contributed by atoms with Crippen molar-refractivity contribution in [3.63, 3.8) is 0 Å². The molecule has 2 N–H and O–H groups in total. The van der Waals surface area contributed by atoms with E-state index in [1.165, 1.54) is 23.5 Å². The molecular formula is C16H17Cl2N3O2S. The van der Waals surface area contributed by atoms with E-state index in [0.29, 0.717) is 16.6 Å². The van der Waals surface area contributed by atoms with E-state index >= 15 is 0 Å². The molecule has 0 saturated heterocycles. The maximum atomic E-state index is 12.4. The Hall–Kier alpha value is -1.63. The summed E-state index contributed by atoms with van der Waals surface area (Å²) in [6, 6.07) is 3.92. The molecule has 0 aliphatic rings. The molecule has 1 aromatic heterocycles. The zero-order chi connectivity index (χ0) is 17.7. The van der Waals surface area contributed by atoms with Gasteiger partial charge in [-0.3, -0.25) is 9.59 Å². The van der Waals surface area contributed by atoms with Crippen LogP contribution < -0.4 is 10.6 Å². The average Bonchev–Trinajstić information content (AvgIpc) is 2.98. The van der Waals surface area contributed by atoms with Gasteiger partial charge in [-0.05, 0) is 30.5 Å². The molecule has 1 atom stereocenters. The van der Waals surface area contributed by atoms with E-state index in [4.69, 9.17) is 23.2 Å². The standard InChI is InChI=1S/C16H17Cl2N3O2S/c1-9(2)7-13(15(23)21-16-19-5-6-24-16)20-14(22)11-4-3-10(17)8-12(11)18/h3-6,8-9,13H,7H2,1-2H3,(H,20,22)(H,19,21,23)/t13-/m1/s1. The van der Waals surface area contributed by atoms with Crippen LogP contribution in [0, 0.1) is 5.92 Å². The topological polar surface area (TPSA) is 71.1 Å². The lowest BCUT2D eigenvalue weighted by Crippen LogP contribution is -2.44. The molecule has 2 aromatic rings. The second kappa shape index (κ2) is 8.46. The average molecular weight is 386 g/mol. The van der Waals surface area contributed by atoms with Crippen LogP contribution in [0.1, 0.15) is 30.6 Å². The lowest BCUT2D eigenvalue weighted by Gasteiger charge is -2.20. The van der Waals surface area contributed by atoms with Crippen molar-refractivity contribution in [2.45, 2.75) is 26.3 Å². The highest BCUT2D eigenvalue weighted by molar-refractivity contribution is 7.13. The van der Waals surface area contributed by atoms with E-state index < -0.39 is 11.9 Å². The summed E-state index contributed by atoms with van der Waals surface area (Å²) in [5.41, 5.74) is 0.275. The van der Waals surface area contributed by atoms with Crippen LogP contribution >= 0.6 is 34.5 Å². The Morgan fingerprint density at radius 3 is 2.62 bits per heavy atom. The zero-order valence-corrected chi connectivity index (χ0v) is 15.5. The number of hydrogen-bond donors (Lipinski definition) is 2. The molecule has 5 nitrogen and oxygen atoms in total. The fourth-order valence-corrected chi connectivity index (χ4v) is 3.12. The molecule has 2 amide bonds. The van der Waals surface area contributed by atoms with Crippen LogP contribution in [0.5, 0.6) is 0 Å². The normalized spacial score (nSPS) is 12.0. The third-order valence-electron chi connectivity index (χ3n) is 3.17. The molecule has 0 aliphatic carbocycles. The molecule has 0 aliphatic heterocycles. The van der Waals surface area contributed by atoms with Gasteiger partial charge in [-0.15, -0.1) is 11.3 Å². The summed E-state index contributed by atoms with van der Waals surface area (Å²) < 4.78 is 0. The van der Waals surface area contributed by atoms with Gasteiger partial charge in [0.1, 0.15) is 6.04 Å². The van der Waals surface area contributed by atoms with Gasteiger partial charge in [-0.25, -0.2) is 4.98 Å². The van der Waals surface area contributed by atoms with Gasteiger partial charge in [0.15, 0.2) is 5.13 Å². The van der Waals surface area contributed by atoms with Crippen molar-refractivity contribution >= 4 is 51.5 Å². The number of aromatic nitrogens is 1. The monoisotopic (exact) mass is 385 g/mol. The first-order valence-corrected chi connectivity index (χ1v) is 8.96. The Balaban J connectivity index is 2.12. The summed E-state index contributed by atoms with van der Waals surface area (Å²) in [6.07, 6.45) is 2.10. The molecule has 1 aromatic carbocycles.